The maximum atomic E-state index is 6.25. The van der Waals surface area contributed by atoms with Crippen LogP contribution >= 0.6 is 35.0 Å². The van der Waals surface area contributed by atoms with Gasteiger partial charge in [0.25, 0.3) is 0 Å². The molecule has 0 saturated carbocycles. The summed E-state index contributed by atoms with van der Waals surface area (Å²) in [4.78, 5) is 0. The minimum atomic E-state index is -0.272. The van der Waals surface area contributed by atoms with Crippen molar-refractivity contribution < 1.29 is 4.74 Å². The van der Waals surface area contributed by atoms with E-state index in [1.807, 2.05) is 56.3 Å². The summed E-state index contributed by atoms with van der Waals surface area (Å²) in [6.07, 6.45) is -0.272. The van der Waals surface area contributed by atoms with Crippen molar-refractivity contribution >= 4 is 35.0 Å². The fourth-order valence-corrected chi connectivity index (χ4v) is 4.16. The van der Waals surface area contributed by atoms with Crippen molar-refractivity contribution in [2.24, 2.45) is 0 Å². The van der Waals surface area contributed by atoms with Gasteiger partial charge >= 0.3 is 0 Å². The van der Waals surface area contributed by atoms with Crippen LogP contribution in [-0.2, 0) is 12.3 Å². The molecule has 27 heavy (non-hydrogen) atoms. The van der Waals surface area contributed by atoms with Gasteiger partial charge in [0.05, 0.1) is 5.02 Å². The van der Waals surface area contributed by atoms with Crippen molar-refractivity contribution in [1.29, 1.82) is 0 Å². The van der Waals surface area contributed by atoms with Gasteiger partial charge in [-0.25, -0.2) is 0 Å². The predicted molar refractivity (Wildman–Crippen MR) is 112 cm³/mol. The molecule has 3 rings (SSSR count). The molecule has 0 bridgehead atoms. The lowest BCUT2D eigenvalue weighted by molar-refractivity contribution is 0.210. The van der Waals surface area contributed by atoms with Crippen LogP contribution in [0.15, 0.2) is 47.6 Å². The van der Waals surface area contributed by atoms with E-state index in [4.69, 9.17) is 27.9 Å². The Morgan fingerprint density at radius 2 is 1.89 bits per heavy atom. The maximum absolute atomic E-state index is 6.25. The van der Waals surface area contributed by atoms with Gasteiger partial charge in [-0.1, -0.05) is 59.2 Å². The first kappa shape index (κ1) is 20.1. The van der Waals surface area contributed by atoms with Gasteiger partial charge in [0, 0.05) is 17.3 Å². The van der Waals surface area contributed by atoms with Crippen LogP contribution in [0, 0.1) is 6.92 Å². The highest BCUT2D eigenvalue weighted by atomic mass is 35.5. The topological polar surface area (TPSA) is 39.9 Å². The molecular weight excluding hydrogens is 401 g/mol. The van der Waals surface area contributed by atoms with Gasteiger partial charge in [-0.3, -0.25) is 0 Å². The number of aryl methyl sites for hydroxylation is 1. The van der Waals surface area contributed by atoms with Crippen LogP contribution in [0.4, 0.5) is 0 Å². The molecule has 0 saturated heterocycles. The molecular formula is C20H21Cl2N3OS. The van der Waals surface area contributed by atoms with E-state index in [1.165, 1.54) is 0 Å². The summed E-state index contributed by atoms with van der Waals surface area (Å²) in [5.74, 6) is 2.16. The van der Waals surface area contributed by atoms with Gasteiger partial charge in [-0.2, -0.15) is 0 Å². The summed E-state index contributed by atoms with van der Waals surface area (Å²) < 4.78 is 8.13. The number of hydrogen-bond acceptors (Lipinski definition) is 4. The average Bonchev–Trinajstić information content (AvgIpc) is 3.07. The van der Waals surface area contributed by atoms with E-state index in [0.29, 0.717) is 10.8 Å². The van der Waals surface area contributed by atoms with Gasteiger partial charge in [0.1, 0.15) is 5.75 Å². The molecule has 0 fully saturated rings. The number of thioether (sulfide) groups is 1. The Hall–Kier alpha value is -1.69. The minimum absolute atomic E-state index is 0.272. The van der Waals surface area contributed by atoms with E-state index in [-0.39, 0.29) is 6.10 Å². The predicted octanol–water partition coefficient (Wildman–Crippen LogP) is 6.35. The summed E-state index contributed by atoms with van der Waals surface area (Å²) in [6.45, 7) is 6.78. The summed E-state index contributed by atoms with van der Waals surface area (Å²) >= 11 is 14.1. The highest BCUT2D eigenvalue weighted by Crippen LogP contribution is 2.31. The average molecular weight is 422 g/mol. The molecule has 0 aliphatic carbocycles. The molecule has 1 atom stereocenters. The molecule has 0 N–H and O–H groups in total. The van der Waals surface area contributed by atoms with Crippen LogP contribution in [0.25, 0.3) is 0 Å². The van der Waals surface area contributed by atoms with Gasteiger partial charge in [0.15, 0.2) is 17.1 Å². The second-order valence-electron chi connectivity index (χ2n) is 6.16. The normalized spacial score (nSPS) is 12.2. The third-order valence-corrected chi connectivity index (χ3v) is 5.83. The van der Waals surface area contributed by atoms with E-state index in [2.05, 4.69) is 21.7 Å². The zero-order chi connectivity index (χ0) is 19.4. The molecule has 1 unspecified atom stereocenters. The largest absolute Gasteiger partial charge is 0.481 e. The van der Waals surface area contributed by atoms with E-state index in [1.54, 1.807) is 11.8 Å². The van der Waals surface area contributed by atoms with Crippen LogP contribution < -0.4 is 4.74 Å². The number of rotatable bonds is 7. The molecule has 4 nitrogen and oxygen atoms in total. The number of benzene rings is 2. The smallest absolute Gasteiger partial charge is 0.191 e. The Bertz CT molecular complexity index is 929. The number of ether oxygens (including phenoxy) is 1. The van der Waals surface area contributed by atoms with Crippen LogP contribution in [0.2, 0.25) is 10.0 Å². The lowest BCUT2D eigenvalue weighted by atomic mass is 10.2. The third kappa shape index (κ3) is 4.78. The molecule has 1 aromatic heterocycles. The van der Waals surface area contributed by atoms with Crippen molar-refractivity contribution in [1.82, 2.24) is 14.8 Å². The number of halogens is 2. The van der Waals surface area contributed by atoms with E-state index >= 15 is 0 Å². The van der Waals surface area contributed by atoms with Gasteiger partial charge in [-0.15, -0.1) is 10.2 Å². The molecule has 0 aliphatic heterocycles. The molecule has 0 aliphatic rings. The van der Waals surface area contributed by atoms with Crippen LogP contribution in [0.1, 0.15) is 36.9 Å². The van der Waals surface area contributed by atoms with Gasteiger partial charge < -0.3 is 9.30 Å². The first-order valence-corrected chi connectivity index (χ1v) is 10.5. The molecule has 1 heterocycles. The number of nitrogens with zero attached hydrogens (tertiary/aromatic N) is 3. The summed E-state index contributed by atoms with van der Waals surface area (Å²) in [5, 5.41) is 10.9. The number of hydrogen-bond donors (Lipinski definition) is 0. The lowest BCUT2D eigenvalue weighted by Gasteiger charge is -2.17. The van der Waals surface area contributed by atoms with Crippen molar-refractivity contribution in [2.75, 3.05) is 0 Å². The maximum Gasteiger partial charge on any atom is 0.191 e. The lowest BCUT2D eigenvalue weighted by Crippen LogP contribution is -2.12. The standard InChI is InChI=1S/C20H21Cl2N3OS/c1-4-25-19(14(3)26-18-11-13(2)9-10-17(18)22)23-24-20(25)27-12-15-7-5-6-8-16(15)21/h5-11,14H,4,12H2,1-3H3. The zero-order valence-electron chi connectivity index (χ0n) is 15.4. The summed E-state index contributed by atoms with van der Waals surface area (Å²) in [6, 6.07) is 13.6. The monoisotopic (exact) mass is 421 g/mol. The Balaban J connectivity index is 1.76. The Labute approximate surface area is 173 Å². The molecule has 3 aromatic rings. The molecule has 0 radical (unpaired) electrons. The molecule has 142 valence electrons. The van der Waals surface area contributed by atoms with E-state index in [0.717, 1.165) is 39.4 Å². The van der Waals surface area contributed by atoms with Crippen LogP contribution in [0.3, 0.4) is 0 Å². The first-order chi connectivity index (χ1) is 13.0. The van der Waals surface area contributed by atoms with Gasteiger partial charge in [-0.05, 0) is 50.1 Å². The van der Waals surface area contributed by atoms with Crippen LogP contribution in [0.5, 0.6) is 5.75 Å². The van der Waals surface area contributed by atoms with E-state index in [9.17, 15) is 0 Å². The Morgan fingerprint density at radius 1 is 1.11 bits per heavy atom. The SMILES string of the molecule is CCn1c(SCc2ccccc2Cl)nnc1C(C)Oc1cc(C)ccc1Cl. The Morgan fingerprint density at radius 3 is 2.63 bits per heavy atom. The second-order valence-corrected chi connectivity index (χ2v) is 7.92. The zero-order valence-corrected chi connectivity index (χ0v) is 17.8. The fraction of sp³-hybridized carbons (Fsp3) is 0.300. The molecule has 0 spiro atoms. The second kappa shape index (κ2) is 9.00. The molecule has 2 aromatic carbocycles. The quantitative estimate of drug-likeness (QED) is 0.416. The summed E-state index contributed by atoms with van der Waals surface area (Å²) in [7, 11) is 0. The van der Waals surface area contributed by atoms with E-state index < -0.39 is 0 Å². The summed E-state index contributed by atoms with van der Waals surface area (Å²) in [5.41, 5.74) is 2.17. The minimum Gasteiger partial charge on any atom is -0.481 e. The third-order valence-electron chi connectivity index (χ3n) is 4.13. The molecule has 0 amide bonds. The highest BCUT2D eigenvalue weighted by molar-refractivity contribution is 7.98. The highest BCUT2D eigenvalue weighted by Gasteiger charge is 2.20. The van der Waals surface area contributed by atoms with Gasteiger partial charge in [0.2, 0.25) is 0 Å². The van der Waals surface area contributed by atoms with Crippen molar-refractivity contribution in [2.45, 2.75) is 44.3 Å². The Kier molecular flexibility index (Phi) is 6.68. The first-order valence-electron chi connectivity index (χ1n) is 8.71. The van der Waals surface area contributed by atoms with Crippen molar-refractivity contribution in [3.05, 3.63) is 69.5 Å². The van der Waals surface area contributed by atoms with Crippen molar-refractivity contribution in [3.8, 4) is 5.75 Å². The van der Waals surface area contributed by atoms with Crippen LogP contribution in [-0.4, -0.2) is 14.8 Å². The fourth-order valence-electron chi connectivity index (χ4n) is 2.71. The van der Waals surface area contributed by atoms with Crippen molar-refractivity contribution in [3.63, 3.8) is 0 Å². The molecule has 7 heteroatoms. The number of aromatic nitrogens is 3.